The van der Waals surface area contributed by atoms with Crippen molar-refractivity contribution in [3.05, 3.63) is 46.9 Å². The molecule has 0 radical (unpaired) electrons. The molecule has 1 saturated heterocycles. The van der Waals surface area contributed by atoms with Crippen LogP contribution in [0.25, 0.3) is 0 Å². The van der Waals surface area contributed by atoms with Crippen molar-refractivity contribution in [3.8, 4) is 0 Å². The Balaban J connectivity index is 2.06. The van der Waals surface area contributed by atoms with E-state index in [9.17, 15) is 26.4 Å². The summed E-state index contributed by atoms with van der Waals surface area (Å²) in [4.78, 5) is 13.9. The van der Waals surface area contributed by atoms with Gasteiger partial charge in [0.2, 0.25) is 10.0 Å². The average molecular weight is 376 g/mol. The number of alkyl halides is 3. The molecule has 0 spiro atoms. The number of carbonyl (C=O) groups excluding carboxylic acids is 1. The maximum absolute atomic E-state index is 13.0. The van der Waals surface area contributed by atoms with E-state index in [1.54, 1.807) is 0 Å². The molecule has 138 valence electrons. The van der Waals surface area contributed by atoms with Crippen molar-refractivity contribution in [2.75, 3.05) is 19.6 Å². The monoisotopic (exact) mass is 376 g/mol. The van der Waals surface area contributed by atoms with Gasteiger partial charge in [-0.3, -0.25) is 4.79 Å². The molecular formula is C16H19F3N2O3S. The van der Waals surface area contributed by atoms with Crippen LogP contribution in [0.5, 0.6) is 0 Å². The molecule has 0 aromatic heterocycles. The third kappa shape index (κ3) is 4.82. The van der Waals surface area contributed by atoms with Crippen molar-refractivity contribution in [2.45, 2.75) is 19.5 Å². The first-order valence-corrected chi connectivity index (χ1v) is 9.17. The van der Waals surface area contributed by atoms with Gasteiger partial charge in [-0.25, -0.2) is 13.1 Å². The topological polar surface area (TPSA) is 66.5 Å². The van der Waals surface area contributed by atoms with Crippen molar-refractivity contribution in [1.29, 1.82) is 0 Å². The SMILES string of the molecule is C=CS(=O)(=O)NCC1CCN(C(=O)c2ccc(C)c(C(F)(F)F)c2)C1. The van der Waals surface area contributed by atoms with Crippen molar-refractivity contribution in [1.82, 2.24) is 9.62 Å². The quantitative estimate of drug-likeness (QED) is 0.859. The lowest BCUT2D eigenvalue weighted by molar-refractivity contribution is -0.138. The molecule has 1 aromatic rings. The molecule has 1 aromatic carbocycles. The number of likely N-dealkylation sites (tertiary alicyclic amines) is 1. The van der Waals surface area contributed by atoms with Gasteiger partial charge in [0.25, 0.3) is 5.91 Å². The van der Waals surface area contributed by atoms with Crippen LogP contribution < -0.4 is 4.72 Å². The van der Waals surface area contributed by atoms with Crippen molar-refractivity contribution < 1.29 is 26.4 Å². The number of hydrogen-bond donors (Lipinski definition) is 1. The summed E-state index contributed by atoms with van der Waals surface area (Å²) in [5.74, 6) is -0.578. The molecule has 9 heteroatoms. The van der Waals surface area contributed by atoms with E-state index in [0.29, 0.717) is 13.0 Å². The standard InChI is InChI=1S/C16H19F3N2O3S/c1-3-25(23,24)20-9-12-6-7-21(10-12)15(22)13-5-4-11(2)14(8-13)16(17,18)19/h3-5,8,12,20H,1,6-7,9-10H2,2H3. The Morgan fingerprint density at radius 1 is 1.44 bits per heavy atom. The third-order valence-corrected chi connectivity index (χ3v) is 5.16. The van der Waals surface area contributed by atoms with Gasteiger partial charge in [0.05, 0.1) is 5.56 Å². The molecule has 0 aliphatic carbocycles. The molecule has 1 aliphatic rings. The molecule has 1 aliphatic heterocycles. The van der Waals surface area contributed by atoms with Gasteiger partial charge >= 0.3 is 6.18 Å². The smallest absolute Gasteiger partial charge is 0.338 e. The number of rotatable bonds is 5. The van der Waals surface area contributed by atoms with E-state index < -0.39 is 27.7 Å². The van der Waals surface area contributed by atoms with Crippen LogP contribution in [0.15, 0.2) is 30.2 Å². The summed E-state index contributed by atoms with van der Waals surface area (Å²) in [6.07, 6.45) is -3.94. The minimum Gasteiger partial charge on any atom is -0.338 e. The summed E-state index contributed by atoms with van der Waals surface area (Å²) in [6, 6.07) is 3.52. The number of hydrogen-bond acceptors (Lipinski definition) is 3. The van der Waals surface area contributed by atoms with E-state index in [2.05, 4.69) is 11.3 Å². The van der Waals surface area contributed by atoms with Gasteiger partial charge < -0.3 is 4.90 Å². The average Bonchev–Trinajstić information content (AvgIpc) is 3.01. The Morgan fingerprint density at radius 3 is 2.72 bits per heavy atom. The molecule has 1 atom stereocenters. The number of nitrogens with zero attached hydrogens (tertiary/aromatic N) is 1. The van der Waals surface area contributed by atoms with Crippen LogP contribution in [0.1, 0.15) is 27.9 Å². The number of benzene rings is 1. The lowest BCUT2D eigenvalue weighted by Gasteiger charge is -2.18. The first-order chi connectivity index (χ1) is 11.5. The predicted molar refractivity (Wildman–Crippen MR) is 87.3 cm³/mol. The highest BCUT2D eigenvalue weighted by Crippen LogP contribution is 2.32. The molecular weight excluding hydrogens is 357 g/mol. The van der Waals surface area contributed by atoms with Gasteiger partial charge in [-0.05, 0) is 37.0 Å². The van der Waals surface area contributed by atoms with Gasteiger partial charge in [-0.2, -0.15) is 13.2 Å². The number of amides is 1. The summed E-state index contributed by atoms with van der Waals surface area (Å²) < 4.78 is 64.0. The maximum atomic E-state index is 13.0. The normalized spacial score (nSPS) is 18.4. The fraction of sp³-hybridized carbons (Fsp3) is 0.438. The minimum absolute atomic E-state index is 0.0229. The highest BCUT2D eigenvalue weighted by atomic mass is 32.2. The predicted octanol–water partition coefficient (Wildman–Crippen LogP) is 2.54. The summed E-state index contributed by atoms with van der Waals surface area (Å²) in [6.45, 7) is 5.34. The largest absolute Gasteiger partial charge is 0.416 e. The van der Waals surface area contributed by atoms with Crippen molar-refractivity contribution in [2.24, 2.45) is 5.92 Å². The fourth-order valence-electron chi connectivity index (χ4n) is 2.72. The number of carbonyl (C=O) groups is 1. The zero-order chi connectivity index (χ0) is 18.8. The molecule has 1 unspecified atom stereocenters. The minimum atomic E-state index is -4.52. The first-order valence-electron chi connectivity index (χ1n) is 7.62. The zero-order valence-electron chi connectivity index (χ0n) is 13.6. The molecule has 1 amide bonds. The fourth-order valence-corrected chi connectivity index (χ4v) is 3.31. The first kappa shape index (κ1) is 19.5. The van der Waals surface area contributed by atoms with Crippen LogP contribution in [0.4, 0.5) is 13.2 Å². The van der Waals surface area contributed by atoms with Gasteiger partial charge in [-0.15, -0.1) is 0 Å². The second-order valence-corrected chi connectivity index (χ2v) is 7.71. The third-order valence-electron chi connectivity index (χ3n) is 4.16. The van der Waals surface area contributed by atoms with E-state index in [1.807, 2.05) is 0 Å². The zero-order valence-corrected chi connectivity index (χ0v) is 14.5. The van der Waals surface area contributed by atoms with Crippen LogP contribution in [-0.2, 0) is 16.2 Å². The van der Waals surface area contributed by atoms with E-state index in [4.69, 9.17) is 0 Å². The highest BCUT2D eigenvalue weighted by Gasteiger charge is 2.34. The van der Waals surface area contributed by atoms with E-state index in [-0.39, 0.29) is 30.1 Å². The Kier molecular flexibility index (Phi) is 5.58. The van der Waals surface area contributed by atoms with Gasteiger partial charge in [0, 0.05) is 30.6 Å². The molecule has 0 bridgehead atoms. The van der Waals surface area contributed by atoms with Crippen molar-refractivity contribution >= 4 is 15.9 Å². The van der Waals surface area contributed by atoms with Crippen LogP contribution >= 0.6 is 0 Å². The van der Waals surface area contributed by atoms with Crippen LogP contribution in [0, 0.1) is 12.8 Å². The summed E-state index contributed by atoms with van der Waals surface area (Å²) >= 11 is 0. The van der Waals surface area contributed by atoms with Crippen LogP contribution in [0.2, 0.25) is 0 Å². The van der Waals surface area contributed by atoms with Gasteiger partial charge in [-0.1, -0.05) is 12.6 Å². The maximum Gasteiger partial charge on any atom is 0.416 e. The number of aryl methyl sites for hydroxylation is 1. The molecule has 5 nitrogen and oxygen atoms in total. The van der Waals surface area contributed by atoms with Crippen molar-refractivity contribution in [3.63, 3.8) is 0 Å². The van der Waals surface area contributed by atoms with Crippen LogP contribution in [0.3, 0.4) is 0 Å². The van der Waals surface area contributed by atoms with Gasteiger partial charge in [0.1, 0.15) is 0 Å². The molecule has 1 heterocycles. The van der Waals surface area contributed by atoms with E-state index >= 15 is 0 Å². The second kappa shape index (κ2) is 7.17. The Morgan fingerprint density at radius 2 is 2.12 bits per heavy atom. The lowest BCUT2D eigenvalue weighted by atomic mass is 10.0. The van der Waals surface area contributed by atoms with E-state index in [1.165, 1.54) is 24.0 Å². The molecule has 0 saturated carbocycles. The summed E-state index contributed by atoms with van der Waals surface area (Å²) in [7, 11) is -3.54. The molecule has 2 rings (SSSR count). The Labute approximate surface area is 144 Å². The highest BCUT2D eigenvalue weighted by molar-refractivity contribution is 7.92. The van der Waals surface area contributed by atoms with E-state index in [0.717, 1.165) is 11.5 Å². The Hall–Kier alpha value is -1.87. The van der Waals surface area contributed by atoms with Crippen LogP contribution in [-0.4, -0.2) is 38.9 Å². The molecule has 1 fully saturated rings. The lowest BCUT2D eigenvalue weighted by Crippen LogP contribution is -2.32. The van der Waals surface area contributed by atoms with Gasteiger partial charge in [0.15, 0.2) is 0 Å². The number of nitrogens with one attached hydrogen (secondary N) is 1. The number of sulfonamides is 1. The molecule has 1 N–H and O–H groups in total. The second-order valence-electron chi connectivity index (χ2n) is 5.99. The Bertz CT molecular complexity index is 775. The summed E-state index contributed by atoms with van der Waals surface area (Å²) in [5, 5.41) is 0.801. The summed E-state index contributed by atoms with van der Waals surface area (Å²) in [5.41, 5.74) is -0.791. The number of halogens is 3. The molecule has 25 heavy (non-hydrogen) atoms.